The number of piperidine rings is 1. The number of rotatable bonds is 4. The number of nitrogens with one attached hydrogen (secondary N) is 1. The first-order valence-corrected chi connectivity index (χ1v) is 10.0. The second-order valence-electron chi connectivity index (χ2n) is 7.66. The SMILES string of the molecule is O=C(Nc1ccnn1C1CCCC1)C1CCN(C(=O)c2ccc(F)cc2)CC1. The first-order valence-electron chi connectivity index (χ1n) is 10.0. The number of carbonyl (C=O) groups excluding carboxylic acids is 2. The molecule has 2 aliphatic rings. The Morgan fingerprint density at radius 2 is 1.68 bits per heavy atom. The number of hydrogen-bond acceptors (Lipinski definition) is 3. The van der Waals surface area contributed by atoms with Crippen LogP contribution in [0.3, 0.4) is 0 Å². The summed E-state index contributed by atoms with van der Waals surface area (Å²) in [5.74, 6) is 0.168. The third-order valence-corrected chi connectivity index (χ3v) is 5.84. The first kappa shape index (κ1) is 18.7. The van der Waals surface area contributed by atoms with Crippen molar-refractivity contribution in [2.24, 2.45) is 5.92 Å². The van der Waals surface area contributed by atoms with E-state index in [9.17, 15) is 14.0 Å². The molecule has 6 nitrogen and oxygen atoms in total. The van der Waals surface area contributed by atoms with Crippen molar-refractivity contribution in [1.29, 1.82) is 0 Å². The Labute approximate surface area is 163 Å². The molecule has 2 aromatic rings. The summed E-state index contributed by atoms with van der Waals surface area (Å²) in [6.45, 7) is 1.05. The van der Waals surface area contributed by atoms with Gasteiger partial charge in [0.25, 0.3) is 5.91 Å². The summed E-state index contributed by atoms with van der Waals surface area (Å²) in [5, 5.41) is 7.43. The lowest BCUT2D eigenvalue weighted by Gasteiger charge is -2.31. The van der Waals surface area contributed by atoms with Crippen LogP contribution in [0.5, 0.6) is 0 Å². The van der Waals surface area contributed by atoms with Crippen LogP contribution < -0.4 is 5.32 Å². The molecular formula is C21H25FN4O2. The second-order valence-corrected chi connectivity index (χ2v) is 7.66. The molecular weight excluding hydrogens is 359 g/mol. The van der Waals surface area contributed by atoms with Crippen molar-refractivity contribution in [3.05, 3.63) is 47.9 Å². The Bertz CT molecular complexity index is 834. The number of benzene rings is 1. The molecule has 0 bridgehead atoms. The molecule has 4 rings (SSSR count). The average molecular weight is 384 g/mol. The van der Waals surface area contributed by atoms with Crippen LogP contribution in [0.4, 0.5) is 10.2 Å². The van der Waals surface area contributed by atoms with Gasteiger partial charge in [-0.1, -0.05) is 12.8 Å². The molecule has 2 fully saturated rings. The van der Waals surface area contributed by atoms with Gasteiger partial charge in [-0.15, -0.1) is 0 Å². The summed E-state index contributed by atoms with van der Waals surface area (Å²) < 4.78 is 15.0. The van der Waals surface area contributed by atoms with Crippen LogP contribution in [0.2, 0.25) is 0 Å². The predicted molar refractivity (Wildman–Crippen MR) is 103 cm³/mol. The van der Waals surface area contributed by atoms with Crippen LogP contribution >= 0.6 is 0 Å². The van der Waals surface area contributed by atoms with Crippen LogP contribution in [0.1, 0.15) is 54.9 Å². The van der Waals surface area contributed by atoms with Gasteiger partial charge in [-0.3, -0.25) is 9.59 Å². The van der Waals surface area contributed by atoms with E-state index in [0.29, 0.717) is 37.5 Å². The van der Waals surface area contributed by atoms with E-state index in [1.165, 1.54) is 37.1 Å². The summed E-state index contributed by atoms with van der Waals surface area (Å²) in [6, 6.07) is 7.81. The van der Waals surface area contributed by atoms with Crippen molar-refractivity contribution in [2.75, 3.05) is 18.4 Å². The van der Waals surface area contributed by atoms with Crippen LogP contribution in [0.15, 0.2) is 36.5 Å². The summed E-state index contributed by atoms with van der Waals surface area (Å²) in [4.78, 5) is 27.0. The Kier molecular flexibility index (Phi) is 5.41. The van der Waals surface area contributed by atoms with E-state index in [1.807, 2.05) is 10.7 Å². The van der Waals surface area contributed by atoms with Crippen molar-refractivity contribution in [3.8, 4) is 0 Å². The topological polar surface area (TPSA) is 67.2 Å². The molecule has 7 heteroatoms. The maximum absolute atomic E-state index is 13.0. The molecule has 1 saturated heterocycles. The zero-order chi connectivity index (χ0) is 19.5. The highest BCUT2D eigenvalue weighted by molar-refractivity contribution is 5.95. The largest absolute Gasteiger partial charge is 0.339 e. The Morgan fingerprint density at radius 1 is 1.00 bits per heavy atom. The third kappa shape index (κ3) is 3.93. The number of nitrogens with zero attached hydrogens (tertiary/aromatic N) is 3. The Hall–Kier alpha value is -2.70. The molecule has 1 aliphatic carbocycles. The summed E-state index contributed by atoms with van der Waals surface area (Å²) in [7, 11) is 0. The fourth-order valence-electron chi connectivity index (χ4n) is 4.20. The van der Waals surface area contributed by atoms with Crippen LogP contribution in [-0.2, 0) is 4.79 Å². The fourth-order valence-corrected chi connectivity index (χ4v) is 4.20. The molecule has 2 heterocycles. The zero-order valence-corrected chi connectivity index (χ0v) is 15.8. The van der Waals surface area contributed by atoms with Gasteiger partial charge in [0, 0.05) is 30.6 Å². The van der Waals surface area contributed by atoms with Gasteiger partial charge in [-0.2, -0.15) is 5.10 Å². The monoisotopic (exact) mass is 384 g/mol. The number of likely N-dealkylation sites (tertiary alicyclic amines) is 1. The molecule has 1 aromatic carbocycles. The summed E-state index contributed by atoms with van der Waals surface area (Å²) >= 11 is 0. The van der Waals surface area contributed by atoms with Crippen LogP contribution in [0, 0.1) is 11.7 Å². The maximum Gasteiger partial charge on any atom is 0.253 e. The van der Waals surface area contributed by atoms with Crippen molar-refractivity contribution >= 4 is 17.6 Å². The molecule has 148 valence electrons. The maximum atomic E-state index is 13.0. The minimum Gasteiger partial charge on any atom is -0.339 e. The van der Waals surface area contributed by atoms with Crippen molar-refractivity contribution < 1.29 is 14.0 Å². The highest BCUT2D eigenvalue weighted by Crippen LogP contribution is 2.31. The average Bonchev–Trinajstić information content (AvgIpc) is 3.40. The molecule has 2 amide bonds. The second kappa shape index (κ2) is 8.12. The molecule has 28 heavy (non-hydrogen) atoms. The van der Waals surface area contributed by atoms with Crippen molar-refractivity contribution in [2.45, 2.75) is 44.6 Å². The number of amides is 2. The predicted octanol–water partition coefficient (Wildman–Crippen LogP) is 3.63. The lowest BCUT2D eigenvalue weighted by atomic mass is 9.95. The lowest BCUT2D eigenvalue weighted by molar-refractivity contribution is -0.121. The van der Waals surface area contributed by atoms with Gasteiger partial charge < -0.3 is 10.2 Å². The highest BCUT2D eigenvalue weighted by Gasteiger charge is 2.29. The van der Waals surface area contributed by atoms with Crippen LogP contribution in [-0.4, -0.2) is 39.6 Å². The number of hydrogen-bond donors (Lipinski definition) is 1. The van der Waals surface area contributed by atoms with Crippen LogP contribution in [0.25, 0.3) is 0 Å². The molecule has 1 aliphatic heterocycles. The molecule has 1 saturated carbocycles. The molecule has 0 atom stereocenters. The molecule has 1 aromatic heterocycles. The van der Waals surface area contributed by atoms with E-state index in [1.54, 1.807) is 11.1 Å². The minimum absolute atomic E-state index is 0.00590. The van der Waals surface area contributed by atoms with E-state index >= 15 is 0 Å². The van der Waals surface area contributed by atoms with Gasteiger partial charge >= 0.3 is 0 Å². The van der Waals surface area contributed by atoms with E-state index in [4.69, 9.17) is 0 Å². The molecule has 0 radical (unpaired) electrons. The molecule has 0 spiro atoms. The van der Waals surface area contributed by atoms with Gasteiger partial charge in [0.15, 0.2) is 0 Å². The third-order valence-electron chi connectivity index (χ3n) is 5.84. The number of aromatic nitrogens is 2. The van der Waals surface area contributed by atoms with E-state index in [2.05, 4.69) is 10.4 Å². The number of anilines is 1. The standard InChI is InChI=1S/C21H25FN4O2/c22-17-7-5-16(6-8-17)21(28)25-13-10-15(11-14-25)20(27)24-19-9-12-23-26(19)18-3-1-2-4-18/h5-9,12,15,18H,1-4,10-11,13-14H2,(H,24,27). The molecule has 1 N–H and O–H groups in total. The highest BCUT2D eigenvalue weighted by atomic mass is 19.1. The van der Waals surface area contributed by atoms with Gasteiger partial charge in [0.05, 0.1) is 12.2 Å². The Balaban J connectivity index is 1.32. The zero-order valence-electron chi connectivity index (χ0n) is 15.8. The lowest BCUT2D eigenvalue weighted by Crippen LogP contribution is -2.41. The summed E-state index contributed by atoms with van der Waals surface area (Å²) in [5.41, 5.74) is 0.477. The minimum atomic E-state index is -0.358. The smallest absolute Gasteiger partial charge is 0.253 e. The van der Waals surface area contributed by atoms with Gasteiger partial charge in [-0.25, -0.2) is 9.07 Å². The van der Waals surface area contributed by atoms with Gasteiger partial charge in [0.2, 0.25) is 5.91 Å². The first-order chi connectivity index (χ1) is 13.6. The molecule has 0 unspecified atom stereocenters. The Morgan fingerprint density at radius 3 is 2.36 bits per heavy atom. The normalized spacial score (nSPS) is 18.4. The van der Waals surface area contributed by atoms with Crippen molar-refractivity contribution in [3.63, 3.8) is 0 Å². The fraction of sp³-hybridized carbons (Fsp3) is 0.476. The van der Waals surface area contributed by atoms with Crippen molar-refractivity contribution in [1.82, 2.24) is 14.7 Å². The summed E-state index contributed by atoms with van der Waals surface area (Å²) in [6.07, 6.45) is 7.60. The van der Waals surface area contributed by atoms with E-state index < -0.39 is 0 Å². The quantitative estimate of drug-likeness (QED) is 0.875. The number of halogens is 1. The van der Waals surface area contributed by atoms with E-state index in [0.717, 1.165) is 18.7 Å². The number of carbonyl (C=O) groups is 2. The van der Waals surface area contributed by atoms with E-state index in [-0.39, 0.29) is 23.5 Å². The van der Waals surface area contributed by atoms with Gasteiger partial charge in [0.1, 0.15) is 11.6 Å². The van der Waals surface area contributed by atoms with Gasteiger partial charge in [-0.05, 0) is 49.9 Å².